The van der Waals surface area contributed by atoms with Gasteiger partial charge >= 0.3 is 5.97 Å². The molecule has 2 heterocycles. The van der Waals surface area contributed by atoms with E-state index in [4.69, 9.17) is 5.11 Å². The van der Waals surface area contributed by atoms with E-state index in [1.807, 2.05) is 12.1 Å². The van der Waals surface area contributed by atoms with E-state index in [-0.39, 0.29) is 24.9 Å². The summed E-state index contributed by atoms with van der Waals surface area (Å²) in [5.74, 6) is -1.41. The summed E-state index contributed by atoms with van der Waals surface area (Å²) in [6, 6.07) is 2.76. The fourth-order valence-electron chi connectivity index (χ4n) is 1.52. The molecule has 0 saturated heterocycles. The number of hydrogen-bond donors (Lipinski definition) is 2. The second kappa shape index (κ2) is 7.65. The number of carbonyl (C=O) groups excluding carboxylic acids is 1. The van der Waals surface area contributed by atoms with Crippen molar-refractivity contribution >= 4 is 23.4 Å². The summed E-state index contributed by atoms with van der Waals surface area (Å²) in [6.45, 7) is 1.48. The molecule has 0 spiro atoms. The molecule has 0 aliphatic rings. The molecule has 0 saturated carbocycles. The Balaban J connectivity index is 0.00000220. The summed E-state index contributed by atoms with van der Waals surface area (Å²) >= 11 is 1.29. The molecule has 112 valence electrons. The summed E-state index contributed by atoms with van der Waals surface area (Å²) in [6.07, 6.45) is 4.96. The Bertz CT molecular complexity index is 603. The van der Waals surface area contributed by atoms with E-state index in [0.29, 0.717) is 0 Å². The molecule has 1 unspecified atom stereocenters. The van der Waals surface area contributed by atoms with Gasteiger partial charge in [0.25, 0.3) is 5.91 Å². The van der Waals surface area contributed by atoms with Crippen LogP contribution in [0.3, 0.4) is 0 Å². The molecule has 21 heavy (non-hydrogen) atoms. The van der Waals surface area contributed by atoms with Gasteiger partial charge in [-0.1, -0.05) is 0 Å². The summed E-state index contributed by atoms with van der Waals surface area (Å²) in [5, 5.41) is 11.9. The number of halogens is 1. The van der Waals surface area contributed by atoms with Gasteiger partial charge in [0.2, 0.25) is 6.54 Å². The van der Waals surface area contributed by atoms with Crippen molar-refractivity contribution in [3.8, 4) is 10.6 Å². The normalized spacial score (nSPS) is 11.3. The van der Waals surface area contributed by atoms with Crippen LogP contribution in [0.2, 0.25) is 0 Å². The zero-order valence-electron chi connectivity index (χ0n) is 11.1. The maximum Gasteiger partial charge on any atom is 0.325 e. The van der Waals surface area contributed by atoms with Crippen LogP contribution >= 0.6 is 11.5 Å². The zero-order chi connectivity index (χ0) is 14.5. The van der Waals surface area contributed by atoms with E-state index < -0.39 is 12.0 Å². The molecule has 1 atom stereocenters. The van der Waals surface area contributed by atoms with Crippen LogP contribution in [0.4, 0.5) is 0 Å². The van der Waals surface area contributed by atoms with Crippen LogP contribution in [-0.4, -0.2) is 32.4 Å². The van der Waals surface area contributed by atoms with Gasteiger partial charge in [-0.05, 0) is 18.5 Å². The van der Waals surface area contributed by atoms with E-state index >= 15 is 0 Å². The van der Waals surface area contributed by atoms with Crippen molar-refractivity contribution in [3.63, 3.8) is 0 Å². The first-order valence-electron chi connectivity index (χ1n) is 5.84. The standard InChI is InChI=1S/C12H12N4O3S.ClH/c1-8(12(18)19)15-10(17)6-16-4-2-9(3-5-16)11-13-7-14-20-11;/h2-5,7-8H,6H2,1H3,(H-,15,17,18,19);1H. The van der Waals surface area contributed by atoms with Gasteiger partial charge in [0, 0.05) is 17.7 Å². The first kappa shape index (κ1) is 17.0. The number of carbonyl (C=O) groups is 2. The molecule has 2 rings (SSSR count). The number of nitrogens with zero attached hydrogens (tertiary/aromatic N) is 3. The Morgan fingerprint density at radius 3 is 2.62 bits per heavy atom. The topological polar surface area (TPSA) is 96.1 Å². The molecule has 9 heteroatoms. The number of rotatable bonds is 5. The highest BCUT2D eigenvalue weighted by molar-refractivity contribution is 7.09. The van der Waals surface area contributed by atoms with Crippen LogP contribution in [0.15, 0.2) is 30.9 Å². The largest absolute Gasteiger partial charge is 1.00 e. The number of amides is 1. The van der Waals surface area contributed by atoms with Crippen molar-refractivity contribution in [1.29, 1.82) is 0 Å². The van der Waals surface area contributed by atoms with Gasteiger partial charge in [0.1, 0.15) is 17.4 Å². The predicted octanol–water partition coefficient (Wildman–Crippen LogP) is -2.91. The number of nitrogens with one attached hydrogen (secondary N) is 1. The summed E-state index contributed by atoms with van der Waals surface area (Å²) in [5.41, 5.74) is 0.920. The minimum atomic E-state index is -1.06. The fourth-order valence-corrected chi connectivity index (χ4v) is 2.05. The van der Waals surface area contributed by atoms with Crippen LogP contribution in [0.5, 0.6) is 0 Å². The van der Waals surface area contributed by atoms with Gasteiger partial charge in [-0.15, -0.1) is 0 Å². The summed E-state index contributed by atoms with van der Waals surface area (Å²) in [7, 11) is 0. The van der Waals surface area contributed by atoms with Gasteiger partial charge in [-0.3, -0.25) is 9.59 Å². The maximum absolute atomic E-state index is 11.6. The quantitative estimate of drug-likeness (QED) is 0.574. The Morgan fingerprint density at radius 2 is 2.10 bits per heavy atom. The number of carboxylic acids is 1. The Morgan fingerprint density at radius 1 is 1.43 bits per heavy atom. The van der Waals surface area contributed by atoms with Gasteiger partial charge < -0.3 is 22.8 Å². The second-order valence-electron chi connectivity index (χ2n) is 4.13. The molecule has 1 amide bonds. The predicted molar refractivity (Wildman–Crippen MR) is 70.8 cm³/mol. The molecule has 2 N–H and O–H groups in total. The molecule has 0 aromatic carbocycles. The van der Waals surface area contributed by atoms with Crippen molar-refractivity contribution in [1.82, 2.24) is 14.7 Å². The Hall–Kier alpha value is -2.06. The van der Waals surface area contributed by atoms with Crippen LogP contribution in [0, 0.1) is 0 Å². The average Bonchev–Trinajstić information content (AvgIpc) is 2.93. The van der Waals surface area contributed by atoms with Gasteiger partial charge in [0.15, 0.2) is 12.4 Å². The van der Waals surface area contributed by atoms with Gasteiger partial charge in [-0.2, -0.15) is 8.94 Å². The number of pyridine rings is 1. The lowest BCUT2D eigenvalue weighted by atomic mass is 10.3. The average molecular weight is 329 g/mol. The highest BCUT2D eigenvalue weighted by atomic mass is 35.5. The summed E-state index contributed by atoms with van der Waals surface area (Å²) in [4.78, 5) is 26.3. The van der Waals surface area contributed by atoms with Crippen molar-refractivity contribution in [3.05, 3.63) is 30.9 Å². The van der Waals surface area contributed by atoms with E-state index in [2.05, 4.69) is 14.7 Å². The molecule has 2 aromatic rings. The molecule has 7 nitrogen and oxygen atoms in total. The van der Waals surface area contributed by atoms with Crippen molar-refractivity contribution in [2.45, 2.75) is 19.5 Å². The first-order chi connectivity index (χ1) is 9.56. The van der Waals surface area contributed by atoms with Gasteiger partial charge in [0.05, 0.1) is 0 Å². The number of carboxylic acid groups (broad SMARTS) is 1. The molecular formula is C12H13ClN4O3S. The lowest BCUT2D eigenvalue weighted by Crippen LogP contribution is -3.00. The number of aliphatic carboxylic acids is 1. The van der Waals surface area contributed by atoms with Crippen molar-refractivity contribution in [2.75, 3.05) is 0 Å². The minimum absolute atomic E-state index is 0. The maximum atomic E-state index is 11.6. The van der Waals surface area contributed by atoms with E-state index in [0.717, 1.165) is 10.6 Å². The number of aromatic nitrogens is 3. The molecular weight excluding hydrogens is 316 g/mol. The molecule has 0 aliphatic heterocycles. The third kappa shape index (κ3) is 4.76. The number of hydrogen-bond acceptors (Lipinski definition) is 5. The lowest BCUT2D eigenvalue weighted by Gasteiger charge is -2.06. The highest BCUT2D eigenvalue weighted by Crippen LogP contribution is 2.17. The molecule has 0 radical (unpaired) electrons. The monoisotopic (exact) mass is 328 g/mol. The van der Waals surface area contributed by atoms with Crippen LogP contribution in [0.1, 0.15) is 6.92 Å². The third-order valence-corrected chi connectivity index (χ3v) is 3.29. The van der Waals surface area contributed by atoms with Crippen LogP contribution in [0.25, 0.3) is 10.6 Å². The van der Waals surface area contributed by atoms with Crippen molar-refractivity contribution < 1.29 is 31.7 Å². The second-order valence-corrected chi connectivity index (χ2v) is 4.91. The molecule has 0 aliphatic carbocycles. The minimum Gasteiger partial charge on any atom is -1.00 e. The first-order valence-corrected chi connectivity index (χ1v) is 6.62. The van der Waals surface area contributed by atoms with Crippen molar-refractivity contribution in [2.24, 2.45) is 0 Å². The highest BCUT2D eigenvalue weighted by Gasteiger charge is 2.17. The summed E-state index contributed by atoms with van der Waals surface area (Å²) < 4.78 is 5.58. The Kier molecular flexibility index (Phi) is 6.19. The zero-order valence-corrected chi connectivity index (χ0v) is 12.6. The SMILES string of the molecule is CC(NC(=O)C[n+]1ccc(-c2ncns2)cc1)C(=O)O.[Cl-]. The smallest absolute Gasteiger partial charge is 0.325 e. The van der Waals surface area contributed by atoms with E-state index in [1.165, 1.54) is 24.8 Å². The lowest BCUT2D eigenvalue weighted by molar-refractivity contribution is -0.684. The molecule has 0 bridgehead atoms. The van der Waals surface area contributed by atoms with E-state index in [1.54, 1.807) is 17.0 Å². The van der Waals surface area contributed by atoms with Crippen LogP contribution in [-0.2, 0) is 16.1 Å². The molecule has 2 aromatic heterocycles. The van der Waals surface area contributed by atoms with E-state index in [9.17, 15) is 9.59 Å². The van der Waals surface area contributed by atoms with Crippen LogP contribution < -0.4 is 22.3 Å². The third-order valence-electron chi connectivity index (χ3n) is 2.57. The Labute approximate surface area is 131 Å². The molecule has 0 fully saturated rings. The fraction of sp³-hybridized carbons (Fsp3) is 0.250. The van der Waals surface area contributed by atoms with Gasteiger partial charge in [-0.25, -0.2) is 4.98 Å².